The highest BCUT2D eigenvalue weighted by Gasteiger charge is 2.24. The minimum atomic E-state index is -2.92. The van der Waals surface area contributed by atoms with Crippen LogP contribution >= 0.6 is 35.7 Å². The zero-order valence-electron chi connectivity index (χ0n) is 13.3. The highest BCUT2D eigenvalue weighted by atomic mass is 127. The first-order chi connectivity index (χ1) is 9.39. The molecule has 0 aromatic carbocycles. The van der Waals surface area contributed by atoms with Crippen LogP contribution in [-0.2, 0) is 9.84 Å². The summed E-state index contributed by atoms with van der Waals surface area (Å²) in [4.78, 5) is 6.51. The zero-order valence-corrected chi connectivity index (χ0v) is 17.3. The second-order valence-corrected chi connectivity index (χ2v) is 9.13. The molecule has 1 atom stereocenters. The number of nitrogens with zero attached hydrogens (tertiary/aromatic N) is 2. The maximum atomic E-state index is 11.5. The lowest BCUT2D eigenvalue weighted by molar-refractivity contribution is 0.382. The van der Waals surface area contributed by atoms with Gasteiger partial charge < -0.3 is 10.2 Å². The Labute approximate surface area is 150 Å². The molecule has 1 aliphatic heterocycles. The fraction of sp³-hybridized carbons (Fsp3) is 0.923. The van der Waals surface area contributed by atoms with Gasteiger partial charge in [-0.3, -0.25) is 4.99 Å². The Hall–Kier alpha value is 0.300. The van der Waals surface area contributed by atoms with Crippen LogP contribution < -0.4 is 5.32 Å². The molecule has 1 rings (SSSR count). The van der Waals surface area contributed by atoms with Crippen LogP contribution in [0.4, 0.5) is 0 Å². The summed E-state index contributed by atoms with van der Waals surface area (Å²) in [5.74, 6) is 2.92. The summed E-state index contributed by atoms with van der Waals surface area (Å²) in [6.07, 6.45) is 0. The van der Waals surface area contributed by atoms with Crippen LogP contribution in [0.5, 0.6) is 0 Å². The molecule has 0 saturated carbocycles. The van der Waals surface area contributed by atoms with Crippen LogP contribution in [0.15, 0.2) is 4.99 Å². The highest BCUT2D eigenvalue weighted by Crippen LogP contribution is 2.24. The van der Waals surface area contributed by atoms with Crippen LogP contribution in [0.25, 0.3) is 0 Å². The summed E-state index contributed by atoms with van der Waals surface area (Å²) >= 11 is 2.01. The van der Waals surface area contributed by atoms with Gasteiger partial charge in [-0.15, -0.1) is 24.0 Å². The summed E-state index contributed by atoms with van der Waals surface area (Å²) in [6.45, 7) is 8.53. The third-order valence-electron chi connectivity index (χ3n) is 3.48. The Morgan fingerprint density at radius 2 is 2.14 bits per heavy atom. The van der Waals surface area contributed by atoms with Gasteiger partial charge in [0.05, 0.1) is 5.75 Å². The Morgan fingerprint density at radius 3 is 2.67 bits per heavy atom. The minimum absolute atomic E-state index is 0. The zero-order chi connectivity index (χ0) is 15.2. The molecule has 0 amide bonds. The van der Waals surface area contributed by atoms with Crippen molar-refractivity contribution >= 4 is 51.5 Å². The van der Waals surface area contributed by atoms with E-state index in [0.717, 1.165) is 24.8 Å². The van der Waals surface area contributed by atoms with Gasteiger partial charge in [0.25, 0.3) is 0 Å². The van der Waals surface area contributed by atoms with Gasteiger partial charge in [-0.2, -0.15) is 11.8 Å². The predicted octanol–water partition coefficient (Wildman–Crippen LogP) is 1.69. The molecular formula is C13H28IN3O2S2. The lowest BCUT2D eigenvalue weighted by Crippen LogP contribution is -2.49. The van der Waals surface area contributed by atoms with Crippen molar-refractivity contribution in [1.29, 1.82) is 0 Å². The molecule has 8 heteroatoms. The van der Waals surface area contributed by atoms with E-state index < -0.39 is 9.84 Å². The first kappa shape index (κ1) is 21.3. The molecule has 1 N–H and O–H groups in total. The number of hydrogen-bond acceptors (Lipinski definition) is 4. The predicted molar refractivity (Wildman–Crippen MR) is 104 cm³/mol. The van der Waals surface area contributed by atoms with E-state index >= 15 is 0 Å². The Bertz CT molecular complexity index is 427. The monoisotopic (exact) mass is 449 g/mol. The van der Waals surface area contributed by atoms with Crippen LogP contribution in [0, 0.1) is 5.92 Å². The molecule has 0 bridgehead atoms. The first-order valence-electron chi connectivity index (χ1n) is 7.17. The van der Waals surface area contributed by atoms with Crippen molar-refractivity contribution in [1.82, 2.24) is 10.2 Å². The molecule has 1 heterocycles. The lowest BCUT2D eigenvalue weighted by Gasteiger charge is -2.36. The van der Waals surface area contributed by atoms with Gasteiger partial charge in [0.1, 0.15) is 0 Å². The maximum absolute atomic E-state index is 11.5. The molecule has 0 radical (unpaired) electrons. The Kier molecular flexibility index (Phi) is 10.3. The number of guanidine groups is 1. The standard InChI is InChI=1S/C13H27N3O2S2.HI/c1-5-20(17,18)9-6-15-13(14-4)16-7-8-19-12(10-16)11(2)3;/h11-12H,5-10H2,1-4H3,(H,14,15);1H. The van der Waals surface area contributed by atoms with Gasteiger partial charge >= 0.3 is 0 Å². The summed E-state index contributed by atoms with van der Waals surface area (Å²) < 4.78 is 23.0. The van der Waals surface area contributed by atoms with Crippen molar-refractivity contribution in [3.05, 3.63) is 0 Å². The second-order valence-electron chi connectivity index (χ2n) is 5.31. The van der Waals surface area contributed by atoms with Crippen LogP contribution in [0.2, 0.25) is 0 Å². The Balaban J connectivity index is 0.00000400. The molecule has 1 fully saturated rings. The number of thioether (sulfide) groups is 1. The number of hydrogen-bond donors (Lipinski definition) is 1. The van der Waals surface area contributed by atoms with Gasteiger partial charge in [0.2, 0.25) is 0 Å². The van der Waals surface area contributed by atoms with Crippen molar-refractivity contribution < 1.29 is 8.42 Å². The van der Waals surface area contributed by atoms with Crippen molar-refractivity contribution in [3.63, 3.8) is 0 Å². The van der Waals surface area contributed by atoms with Crippen molar-refractivity contribution in [2.75, 3.05) is 43.9 Å². The fourth-order valence-corrected chi connectivity index (χ4v) is 4.07. The average molecular weight is 449 g/mol. The molecule has 0 aromatic heterocycles. The molecule has 1 saturated heterocycles. The van der Waals surface area contributed by atoms with Gasteiger partial charge in [0.15, 0.2) is 15.8 Å². The Morgan fingerprint density at radius 1 is 1.48 bits per heavy atom. The molecule has 0 aliphatic carbocycles. The fourth-order valence-electron chi connectivity index (χ4n) is 2.07. The van der Waals surface area contributed by atoms with E-state index in [0.29, 0.717) is 17.7 Å². The van der Waals surface area contributed by atoms with E-state index in [4.69, 9.17) is 0 Å². The van der Waals surface area contributed by atoms with E-state index in [1.165, 1.54) is 0 Å². The summed E-state index contributed by atoms with van der Waals surface area (Å²) in [5, 5.41) is 3.79. The van der Waals surface area contributed by atoms with Gasteiger partial charge in [-0.1, -0.05) is 20.8 Å². The molecule has 0 aromatic rings. The number of aliphatic imine (C=N–C) groups is 1. The van der Waals surface area contributed by atoms with Crippen LogP contribution in [0.1, 0.15) is 20.8 Å². The third-order valence-corrected chi connectivity index (χ3v) is 6.73. The van der Waals surface area contributed by atoms with E-state index in [1.54, 1.807) is 14.0 Å². The average Bonchev–Trinajstić information content (AvgIpc) is 2.43. The largest absolute Gasteiger partial charge is 0.355 e. The van der Waals surface area contributed by atoms with Crippen LogP contribution in [-0.4, -0.2) is 68.5 Å². The molecule has 1 aliphatic rings. The highest BCUT2D eigenvalue weighted by molar-refractivity contribution is 14.0. The SMILES string of the molecule is CCS(=O)(=O)CCNC(=NC)N1CCSC(C(C)C)C1.I. The van der Waals surface area contributed by atoms with Crippen LogP contribution in [0.3, 0.4) is 0 Å². The number of halogens is 1. The topological polar surface area (TPSA) is 61.8 Å². The second kappa shape index (κ2) is 10.1. The third kappa shape index (κ3) is 7.40. The summed E-state index contributed by atoms with van der Waals surface area (Å²) in [6, 6.07) is 0. The van der Waals surface area contributed by atoms with E-state index in [-0.39, 0.29) is 35.5 Å². The minimum Gasteiger partial charge on any atom is -0.355 e. The van der Waals surface area contributed by atoms with E-state index in [9.17, 15) is 8.42 Å². The van der Waals surface area contributed by atoms with E-state index in [1.807, 2.05) is 11.8 Å². The van der Waals surface area contributed by atoms with E-state index in [2.05, 4.69) is 29.1 Å². The van der Waals surface area contributed by atoms with Crippen molar-refractivity contribution in [3.8, 4) is 0 Å². The molecule has 0 spiro atoms. The summed E-state index contributed by atoms with van der Waals surface area (Å²) in [7, 11) is -1.17. The first-order valence-corrected chi connectivity index (χ1v) is 10.0. The molecule has 1 unspecified atom stereocenters. The normalized spacial score (nSPS) is 20.3. The molecular weight excluding hydrogens is 421 g/mol. The molecule has 126 valence electrons. The number of nitrogens with one attached hydrogen (secondary N) is 1. The van der Waals surface area contributed by atoms with Crippen molar-refractivity contribution in [2.45, 2.75) is 26.0 Å². The molecule has 21 heavy (non-hydrogen) atoms. The smallest absolute Gasteiger partial charge is 0.193 e. The molecule has 5 nitrogen and oxygen atoms in total. The van der Waals surface area contributed by atoms with Crippen molar-refractivity contribution in [2.24, 2.45) is 10.9 Å². The summed E-state index contributed by atoms with van der Waals surface area (Å²) in [5.41, 5.74) is 0. The lowest BCUT2D eigenvalue weighted by atomic mass is 10.1. The number of sulfone groups is 1. The van der Waals surface area contributed by atoms with Gasteiger partial charge in [-0.05, 0) is 5.92 Å². The number of rotatable bonds is 5. The maximum Gasteiger partial charge on any atom is 0.193 e. The van der Waals surface area contributed by atoms with Gasteiger partial charge in [0, 0.05) is 43.4 Å². The van der Waals surface area contributed by atoms with Gasteiger partial charge in [-0.25, -0.2) is 8.42 Å². The quantitative estimate of drug-likeness (QED) is 0.393.